The predicted octanol–water partition coefficient (Wildman–Crippen LogP) is -0.310. The van der Waals surface area contributed by atoms with Crippen molar-refractivity contribution in [3.05, 3.63) is 0 Å². The van der Waals surface area contributed by atoms with Crippen molar-refractivity contribution in [1.82, 2.24) is 0 Å². The summed E-state index contributed by atoms with van der Waals surface area (Å²) >= 11 is 0. The number of hydrogen-bond donors (Lipinski definition) is 4. The molecule has 0 unspecified atom stereocenters. The average molecular weight is 260 g/mol. The first-order chi connectivity index (χ1) is 8.07. The monoisotopic (exact) mass is 260 g/mol. The number of carbonyl (C=O) groups excluding carboxylic acids is 2. The van der Waals surface area contributed by atoms with Gasteiger partial charge < -0.3 is 22.9 Å². The lowest BCUT2D eigenvalue weighted by molar-refractivity contribution is -0.120. The van der Waals surface area contributed by atoms with Crippen LogP contribution in [-0.4, -0.2) is 23.9 Å². The van der Waals surface area contributed by atoms with E-state index in [1.165, 1.54) is 0 Å². The Bertz CT molecular complexity index is 228. The molecular weight excluding hydrogens is 232 g/mol. The highest BCUT2D eigenvalue weighted by Crippen LogP contribution is 2.01. The summed E-state index contributed by atoms with van der Waals surface area (Å²) in [5.74, 6) is 0.0485. The first-order valence-electron chi connectivity index (χ1n) is 6.17. The van der Waals surface area contributed by atoms with Crippen molar-refractivity contribution in [2.24, 2.45) is 34.8 Å². The molecule has 2 atom stereocenters. The molecule has 0 saturated carbocycles. The molecule has 0 spiro atoms. The summed E-state index contributed by atoms with van der Waals surface area (Å²) in [5, 5.41) is 0. The van der Waals surface area contributed by atoms with Gasteiger partial charge in [0.25, 0.3) is 0 Å². The molecule has 8 N–H and O–H groups in total. The molecule has 0 saturated heterocycles. The van der Waals surface area contributed by atoms with Gasteiger partial charge in [0.05, 0.1) is 12.1 Å². The number of primary amides is 2. The molecule has 0 aliphatic rings. The standard InChI is InChI=1S/2C6H14N2O/c2*1-4(2)3-5(7)6(8)9/h2*4-5H,3,7H2,1-2H3,(H2,8,9)/t2*5-/m11/s1. The summed E-state index contributed by atoms with van der Waals surface area (Å²) in [7, 11) is 0. The molecular formula is C12H28N4O2. The van der Waals surface area contributed by atoms with E-state index in [4.69, 9.17) is 22.9 Å². The van der Waals surface area contributed by atoms with Crippen LogP contribution in [0.5, 0.6) is 0 Å². The minimum Gasteiger partial charge on any atom is -0.368 e. The fourth-order valence-corrected chi connectivity index (χ4v) is 1.25. The van der Waals surface area contributed by atoms with Crippen LogP contribution in [0.3, 0.4) is 0 Å². The van der Waals surface area contributed by atoms with E-state index in [-0.39, 0.29) is 0 Å². The van der Waals surface area contributed by atoms with Crippen molar-refractivity contribution in [2.45, 2.75) is 52.6 Å². The third-order valence-electron chi connectivity index (χ3n) is 2.18. The molecule has 0 rings (SSSR count). The second kappa shape index (κ2) is 9.85. The third kappa shape index (κ3) is 12.9. The molecule has 0 aromatic carbocycles. The van der Waals surface area contributed by atoms with Crippen molar-refractivity contribution in [3.8, 4) is 0 Å². The Morgan fingerprint density at radius 1 is 0.778 bits per heavy atom. The highest BCUT2D eigenvalue weighted by atomic mass is 16.1. The van der Waals surface area contributed by atoms with Gasteiger partial charge in [-0.1, -0.05) is 27.7 Å². The van der Waals surface area contributed by atoms with Crippen LogP contribution in [0.2, 0.25) is 0 Å². The zero-order chi connectivity index (χ0) is 14.9. The first-order valence-corrected chi connectivity index (χ1v) is 6.17. The Morgan fingerprint density at radius 3 is 1.06 bits per heavy atom. The van der Waals surface area contributed by atoms with Crippen LogP contribution in [0.4, 0.5) is 0 Å². The molecule has 0 fully saturated rings. The summed E-state index contributed by atoms with van der Waals surface area (Å²) < 4.78 is 0. The van der Waals surface area contributed by atoms with Crippen LogP contribution >= 0.6 is 0 Å². The number of rotatable bonds is 6. The average Bonchev–Trinajstić information content (AvgIpc) is 2.16. The first kappa shape index (κ1) is 19.2. The zero-order valence-electron chi connectivity index (χ0n) is 11.8. The van der Waals surface area contributed by atoms with Gasteiger partial charge in [-0.15, -0.1) is 0 Å². The van der Waals surface area contributed by atoms with Crippen molar-refractivity contribution in [2.75, 3.05) is 0 Å². The van der Waals surface area contributed by atoms with Crippen molar-refractivity contribution in [3.63, 3.8) is 0 Å². The van der Waals surface area contributed by atoms with Gasteiger partial charge in [0.2, 0.25) is 11.8 Å². The van der Waals surface area contributed by atoms with Gasteiger partial charge in [0.15, 0.2) is 0 Å². The highest BCUT2D eigenvalue weighted by molar-refractivity contribution is 5.79. The fourth-order valence-electron chi connectivity index (χ4n) is 1.25. The second-order valence-corrected chi connectivity index (χ2v) is 5.28. The van der Waals surface area contributed by atoms with E-state index < -0.39 is 23.9 Å². The minimum atomic E-state index is -0.468. The maximum atomic E-state index is 10.3. The fraction of sp³-hybridized carbons (Fsp3) is 0.833. The van der Waals surface area contributed by atoms with Crippen LogP contribution < -0.4 is 22.9 Å². The lowest BCUT2D eigenvalue weighted by Gasteiger charge is -2.08. The maximum Gasteiger partial charge on any atom is 0.234 e. The van der Waals surface area contributed by atoms with Crippen LogP contribution in [-0.2, 0) is 9.59 Å². The van der Waals surface area contributed by atoms with Crippen LogP contribution in [0, 0.1) is 11.8 Å². The molecule has 0 aliphatic heterocycles. The Hall–Kier alpha value is -1.14. The highest BCUT2D eigenvalue weighted by Gasteiger charge is 2.10. The van der Waals surface area contributed by atoms with Crippen molar-refractivity contribution < 1.29 is 9.59 Å². The van der Waals surface area contributed by atoms with Crippen molar-refractivity contribution in [1.29, 1.82) is 0 Å². The molecule has 0 heterocycles. The molecule has 108 valence electrons. The number of hydrogen-bond acceptors (Lipinski definition) is 4. The largest absolute Gasteiger partial charge is 0.368 e. The lowest BCUT2D eigenvalue weighted by atomic mass is 10.0. The number of nitrogens with two attached hydrogens (primary N) is 4. The van der Waals surface area contributed by atoms with E-state index in [0.29, 0.717) is 24.7 Å². The Labute approximate surface area is 109 Å². The maximum absolute atomic E-state index is 10.3. The number of carbonyl (C=O) groups is 2. The third-order valence-corrected chi connectivity index (χ3v) is 2.18. The Balaban J connectivity index is 0. The quantitative estimate of drug-likeness (QED) is 0.520. The normalized spacial score (nSPS) is 13.8. The van der Waals surface area contributed by atoms with Gasteiger partial charge in [-0.25, -0.2) is 0 Å². The summed E-state index contributed by atoms with van der Waals surface area (Å²) in [6, 6.07) is -0.935. The van der Waals surface area contributed by atoms with E-state index in [2.05, 4.69) is 0 Å². The SMILES string of the molecule is CC(C)C[C@@H](N)C(N)=O.CC(C)C[C@@H](N)C(N)=O. The zero-order valence-corrected chi connectivity index (χ0v) is 11.8. The molecule has 0 bridgehead atoms. The molecule has 0 aliphatic carbocycles. The van der Waals surface area contributed by atoms with E-state index in [1.54, 1.807) is 0 Å². The molecule has 18 heavy (non-hydrogen) atoms. The van der Waals surface area contributed by atoms with E-state index in [9.17, 15) is 9.59 Å². The Kier molecular flexibility index (Phi) is 10.5. The van der Waals surface area contributed by atoms with Crippen molar-refractivity contribution >= 4 is 11.8 Å². The second-order valence-electron chi connectivity index (χ2n) is 5.28. The van der Waals surface area contributed by atoms with Gasteiger partial charge in [-0.3, -0.25) is 9.59 Å². The van der Waals surface area contributed by atoms with Crippen LogP contribution in [0.15, 0.2) is 0 Å². The molecule has 0 aromatic rings. The minimum absolute atomic E-state index is 0.413. The van der Waals surface area contributed by atoms with Crippen LogP contribution in [0.1, 0.15) is 40.5 Å². The summed E-state index contributed by atoms with van der Waals surface area (Å²) in [5.41, 5.74) is 20.5. The Morgan fingerprint density at radius 2 is 1.00 bits per heavy atom. The van der Waals surface area contributed by atoms with E-state index in [0.717, 1.165) is 0 Å². The molecule has 6 heteroatoms. The van der Waals surface area contributed by atoms with E-state index >= 15 is 0 Å². The smallest absolute Gasteiger partial charge is 0.234 e. The van der Waals surface area contributed by atoms with Gasteiger partial charge >= 0.3 is 0 Å². The summed E-state index contributed by atoms with van der Waals surface area (Å²) in [6.45, 7) is 8.01. The van der Waals surface area contributed by atoms with Gasteiger partial charge in [0.1, 0.15) is 0 Å². The van der Waals surface area contributed by atoms with Gasteiger partial charge in [-0.2, -0.15) is 0 Å². The summed E-state index contributed by atoms with van der Waals surface area (Å²) in [4.78, 5) is 20.7. The van der Waals surface area contributed by atoms with Crippen LogP contribution in [0.25, 0.3) is 0 Å². The molecule has 0 radical (unpaired) electrons. The molecule has 6 nitrogen and oxygen atoms in total. The van der Waals surface area contributed by atoms with Gasteiger partial charge in [0, 0.05) is 0 Å². The van der Waals surface area contributed by atoms with Gasteiger partial charge in [-0.05, 0) is 24.7 Å². The lowest BCUT2D eigenvalue weighted by Crippen LogP contribution is -2.37. The topological polar surface area (TPSA) is 138 Å². The predicted molar refractivity (Wildman–Crippen MR) is 73.2 cm³/mol. The summed E-state index contributed by atoms with van der Waals surface area (Å²) in [6.07, 6.45) is 1.35. The molecule has 0 aromatic heterocycles. The molecule has 2 amide bonds. The van der Waals surface area contributed by atoms with E-state index in [1.807, 2.05) is 27.7 Å². The number of amides is 2.